The maximum Gasteiger partial charge on any atom is 0.319 e. The second-order valence-electron chi connectivity index (χ2n) is 6.93. The first-order chi connectivity index (χ1) is 14.1. The van der Waals surface area contributed by atoms with Crippen LogP contribution in [-0.2, 0) is 6.54 Å². The molecule has 2 amide bonds. The molecule has 0 saturated heterocycles. The van der Waals surface area contributed by atoms with Gasteiger partial charge >= 0.3 is 6.03 Å². The van der Waals surface area contributed by atoms with Crippen molar-refractivity contribution in [3.05, 3.63) is 78.0 Å². The highest BCUT2D eigenvalue weighted by atomic mass is 16.2. The first-order valence-electron chi connectivity index (χ1n) is 9.61. The molecule has 146 valence electrons. The molecule has 6 nitrogen and oxygen atoms in total. The average molecular weight is 385 g/mol. The van der Waals surface area contributed by atoms with Crippen LogP contribution in [0.1, 0.15) is 11.1 Å². The molecule has 2 N–H and O–H groups in total. The standard InChI is InChI=1S/C23H23N5O/c1-16-8-6-11-19(17(16)2)27-23(29)25-14-15-28-21(18-9-4-3-5-10-18)26-20-12-7-13-24-22(20)28/h3-13H,14-15H2,1-2H3,(H2,25,27,29). The first kappa shape index (κ1) is 18.7. The van der Waals surface area contributed by atoms with Crippen LogP contribution in [0.4, 0.5) is 10.5 Å². The van der Waals surface area contributed by atoms with E-state index in [1.54, 1.807) is 6.20 Å². The summed E-state index contributed by atoms with van der Waals surface area (Å²) in [7, 11) is 0. The molecule has 29 heavy (non-hydrogen) atoms. The Morgan fingerprint density at radius 1 is 1.00 bits per heavy atom. The van der Waals surface area contributed by atoms with E-state index in [9.17, 15) is 4.79 Å². The molecule has 4 aromatic rings. The molecule has 0 bridgehead atoms. The van der Waals surface area contributed by atoms with Crippen molar-refractivity contribution >= 4 is 22.9 Å². The Morgan fingerprint density at radius 2 is 1.83 bits per heavy atom. The van der Waals surface area contributed by atoms with E-state index in [-0.39, 0.29) is 6.03 Å². The van der Waals surface area contributed by atoms with Crippen molar-refractivity contribution in [3.63, 3.8) is 0 Å². The number of fused-ring (bicyclic) bond motifs is 1. The molecular weight excluding hydrogens is 362 g/mol. The van der Waals surface area contributed by atoms with Crippen LogP contribution in [0.15, 0.2) is 66.9 Å². The van der Waals surface area contributed by atoms with E-state index in [2.05, 4.69) is 15.6 Å². The number of benzene rings is 2. The van der Waals surface area contributed by atoms with Gasteiger partial charge in [-0.25, -0.2) is 14.8 Å². The largest absolute Gasteiger partial charge is 0.336 e. The van der Waals surface area contributed by atoms with Gasteiger partial charge in [-0.05, 0) is 43.2 Å². The highest BCUT2D eigenvalue weighted by molar-refractivity contribution is 5.90. The monoisotopic (exact) mass is 385 g/mol. The number of pyridine rings is 1. The van der Waals surface area contributed by atoms with Gasteiger partial charge in [-0.15, -0.1) is 0 Å². The molecule has 2 aromatic heterocycles. The minimum absolute atomic E-state index is 0.225. The van der Waals surface area contributed by atoms with E-state index in [0.29, 0.717) is 13.1 Å². The quantitative estimate of drug-likeness (QED) is 0.530. The molecule has 0 atom stereocenters. The van der Waals surface area contributed by atoms with Gasteiger partial charge in [0, 0.05) is 30.5 Å². The zero-order chi connectivity index (χ0) is 20.2. The number of carbonyl (C=O) groups excluding carboxylic acids is 1. The minimum Gasteiger partial charge on any atom is -0.336 e. The van der Waals surface area contributed by atoms with Crippen molar-refractivity contribution in [3.8, 4) is 11.4 Å². The normalized spacial score (nSPS) is 10.8. The summed E-state index contributed by atoms with van der Waals surface area (Å²) in [6, 6.07) is 19.5. The van der Waals surface area contributed by atoms with Gasteiger partial charge in [0.05, 0.1) is 0 Å². The second-order valence-corrected chi connectivity index (χ2v) is 6.93. The fourth-order valence-electron chi connectivity index (χ4n) is 3.31. The van der Waals surface area contributed by atoms with Crippen molar-refractivity contribution in [2.75, 3.05) is 11.9 Å². The lowest BCUT2D eigenvalue weighted by molar-refractivity contribution is 0.251. The summed E-state index contributed by atoms with van der Waals surface area (Å²) in [6.07, 6.45) is 1.76. The molecular formula is C23H23N5O. The number of nitrogens with one attached hydrogen (secondary N) is 2. The molecule has 0 radical (unpaired) electrons. The number of amides is 2. The number of aromatic nitrogens is 3. The Hall–Kier alpha value is -3.67. The SMILES string of the molecule is Cc1cccc(NC(=O)NCCn2c(-c3ccccc3)nc3cccnc32)c1C. The van der Waals surface area contributed by atoms with Crippen LogP contribution in [0.2, 0.25) is 0 Å². The van der Waals surface area contributed by atoms with Crippen LogP contribution in [-0.4, -0.2) is 27.1 Å². The maximum atomic E-state index is 12.4. The number of hydrogen-bond donors (Lipinski definition) is 2. The summed E-state index contributed by atoms with van der Waals surface area (Å²) in [6.45, 7) is 5.05. The summed E-state index contributed by atoms with van der Waals surface area (Å²) < 4.78 is 2.04. The molecule has 0 aliphatic heterocycles. The molecule has 4 rings (SSSR count). The first-order valence-corrected chi connectivity index (χ1v) is 9.61. The zero-order valence-corrected chi connectivity index (χ0v) is 16.5. The van der Waals surface area contributed by atoms with Crippen molar-refractivity contribution in [1.82, 2.24) is 19.9 Å². The van der Waals surface area contributed by atoms with Crippen LogP contribution < -0.4 is 10.6 Å². The van der Waals surface area contributed by atoms with E-state index in [1.165, 1.54) is 0 Å². The third-order valence-corrected chi connectivity index (χ3v) is 5.01. The van der Waals surface area contributed by atoms with Gasteiger partial charge in [0.15, 0.2) is 5.65 Å². The van der Waals surface area contributed by atoms with E-state index in [0.717, 1.165) is 39.4 Å². The number of nitrogens with zero attached hydrogens (tertiary/aromatic N) is 3. The molecule has 2 heterocycles. The van der Waals surface area contributed by atoms with Gasteiger partial charge in [-0.1, -0.05) is 42.5 Å². The lowest BCUT2D eigenvalue weighted by Gasteiger charge is -2.13. The molecule has 0 fully saturated rings. The van der Waals surface area contributed by atoms with Crippen LogP contribution in [0, 0.1) is 13.8 Å². The zero-order valence-electron chi connectivity index (χ0n) is 16.5. The predicted octanol–water partition coefficient (Wildman–Crippen LogP) is 4.54. The summed E-state index contributed by atoms with van der Waals surface area (Å²) in [5.41, 5.74) is 5.70. The third-order valence-electron chi connectivity index (χ3n) is 5.01. The molecule has 0 spiro atoms. The minimum atomic E-state index is -0.225. The van der Waals surface area contributed by atoms with Crippen LogP contribution in [0.3, 0.4) is 0 Å². The van der Waals surface area contributed by atoms with Crippen LogP contribution in [0.25, 0.3) is 22.6 Å². The average Bonchev–Trinajstić information content (AvgIpc) is 3.11. The van der Waals surface area contributed by atoms with E-state index in [1.807, 2.05) is 79.1 Å². The number of aryl methyl sites for hydroxylation is 1. The number of rotatable bonds is 5. The Morgan fingerprint density at radius 3 is 2.66 bits per heavy atom. The number of anilines is 1. The Labute approximate surface area is 169 Å². The van der Waals surface area contributed by atoms with E-state index < -0.39 is 0 Å². The summed E-state index contributed by atoms with van der Waals surface area (Å²) >= 11 is 0. The maximum absolute atomic E-state index is 12.4. The fourth-order valence-corrected chi connectivity index (χ4v) is 3.31. The molecule has 2 aromatic carbocycles. The lowest BCUT2D eigenvalue weighted by Crippen LogP contribution is -2.31. The van der Waals surface area contributed by atoms with Crippen LogP contribution >= 0.6 is 0 Å². The predicted molar refractivity (Wildman–Crippen MR) is 116 cm³/mol. The third kappa shape index (κ3) is 3.96. The van der Waals surface area contributed by atoms with E-state index in [4.69, 9.17) is 4.98 Å². The van der Waals surface area contributed by atoms with Gasteiger partial charge in [-0.2, -0.15) is 0 Å². The van der Waals surface area contributed by atoms with Crippen molar-refractivity contribution < 1.29 is 4.79 Å². The van der Waals surface area contributed by atoms with Gasteiger partial charge in [0.2, 0.25) is 0 Å². The highest BCUT2D eigenvalue weighted by Gasteiger charge is 2.13. The summed E-state index contributed by atoms with van der Waals surface area (Å²) in [5.74, 6) is 0.844. The Bertz CT molecular complexity index is 1150. The number of urea groups is 1. The lowest BCUT2D eigenvalue weighted by atomic mass is 10.1. The van der Waals surface area contributed by atoms with Gasteiger partial charge in [0.25, 0.3) is 0 Å². The van der Waals surface area contributed by atoms with Crippen molar-refractivity contribution in [1.29, 1.82) is 0 Å². The van der Waals surface area contributed by atoms with Gasteiger partial charge < -0.3 is 15.2 Å². The highest BCUT2D eigenvalue weighted by Crippen LogP contribution is 2.23. The Balaban J connectivity index is 1.50. The fraction of sp³-hybridized carbons (Fsp3) is 0.174. The van der Waals surface area contributed by atoms with Gasteiger partial charge in [0.1, 0.15) is 11.3 Å². The molecule has 0 saturated carbocycles. The number of imidazole rings is 1. The van der Waals surface area contributed by atoms with E-state index >= 15 is 0 Å². The summed E-state index contributed by atoms with van der Waals surface area (Å²) in [5, 5.41) is 5.86. The van der Waals surface area contributed by atoms with Crippen molar-refractivity contribution in [2.24, 2.45) is 0 Å². The molecule has 0 aliphatic rings. The smallest absolute Gasteiger partial charge is 0.319 e. The molecule has 6 heteroatoms. The summed E-state index contributed by atoms with van der Waals surface area (Å²) in [4.78, 5) is 21.6. The topological polar surface area (TPSA) is 71.8 Å². The number of carbonyl (C=O) groups is 1. The number of hydrogen-bond acceptors (Lipinski definition) is 3. The Kier molecular flexibility index (Phi) is 5.24. The molecule has 0 unspecified atom stereocenters. The van der Waals surface area contributed by atoms with Crippen molar-refractivity contribution in [2.45, 2.75) is 20.4 Å². The van der Waals surface area contributed by atoms with Crippen LogP contribution in [0.5, 0.6) is 0 Å². The second kappa shape index (κ2) is 8.14. The molecule has 0 aliphatic carbocycles. The van der Waals surface area contributed by atoms with Gasteiger partial charge in [-0.3, -0.25) is 0 Å².